The largest absolute Gasteiger partial charge is 0.493 e. The Morgan fingerprint density at radius 1 is 1.28 bits per heavy atom. The van der Waals surface area contributed by atoms with Crippen LogP contribution in [0.5, 0.6) is 5.75 Å². The first-order valence-electron chi connectivity index (χ1n) is 8.09. The molecule has 0 aliphatic heterocycles. The number of carbonyl (C=O) groups is 1. The van der Waals surface area contributed by atoms with Gasteiger partial charge in [0.05, 0.1) is 13.2 Å². The summed E-state index contributed by atoms with van der Waals surface area (Å²) in [4.78, 5) is 12.3. The molecule has 1 amide bonds. The number of benzene rings is 1. The van der Waals surface area contributed by atoms with Crippen molar-refractivity contribution in [3.05, 3.63) is 53.2 Å². The lowest BCUT2D eigenvalue weighted by Crippen LogP contribution is -2.25. The first kappa shape index (κ1) is 17.1. The van der Waals surface area contributed by atoms with Crippen molar-refractivity contribution in [1.29, 1.82) is 0 Å². The highest BCUT2D eigenvalue weighted by Crippen LogP contribution is 2.28. The van der Waals surface area contributed by atoms with E-state index < -0.39 is 6.10 Å². The van der Waals surface area contributed by atoms with Crippen molar-refractivity contribution in [2.45, 2.75) is 26.4 Å². The van der Waals surface area contributed by atoms with E-state index in [4.69, 9.17) is 13.6 Å². The quantitative estimate of drug-likeness (QED) is 0.715. The second-order valence-electron chi connectivity index (χ2n) is 5.92. The molecule has 2 heterocycles. The van der Waals surface area contributed by atoms with Crippen molar-refractivity contribution in [2.75, 3.05) is 13.7 Å². The zero-order valence-electron chi connectivity index (χ0n) is 14.5. The van der Waals surface area contributed by atoms with Gasteiger partial charge in [-0.15, -0.1) is 0 Å². The van der Waals surface area contributed by atoms with E-state index in [1.54, 1.807) is 19.2 Å². The fraction of sp³-hybridized carbons (Fsp3) is 0.316. The summed E-state index contributed by atoms with van der Waals surface area (Å²) in [7, 11) is 1.55. The Kier molecular flexibility index (Phi) is 4.81. The van der Waals surface area contributed by atoms with E-state index in [1.807, 2.05) is 32.0 Å². The highest BCUT2D eigenvalue weighted by molar-refractivity contribution is 5.97. The van der Waals surface area contributed by atoms with Crippen molar-refractivity contribution in [3.63, 3.8) is 0 Å². The van der Waals surface area contributed by atoms with Gasteiger partial charge in [-0.3, -0.25) is 4.79 Å². The molecular weight excluding hydrogens is 322 g/mol. The van der Waals surface area contributed by atoms with E-state index in [-0.39, 0.29) is 11.7 Å². The molecule has 0 radical (unpaired) electrons. The molecule has 0 unspecified atom stereocenters. The van der Waals surface area contributed by atoms with Gasteiger partial charge >= 0.3 is 0 Å². The maximum absolute atomic E-state index is 12.3. The van der Waals surface area contributed by atoms with E-state index >= 15 is 0 Å². The Morgan fingerprint density at radius 3 is 2.76 bits per heavy atom. The zero-order chi connectivity index (χ0) is 18.0. The summed E-state index contributed by atoms with van der Waals surface area (Å²) in [6, 6.07) is 8.95. The second kappa shape index (κ2) is 7.03. The van der Waals surface area contributed by atoms with Crippen LogP contribution in [0.1, 0.15) is 40.2 Å². The Bertz CT molecular complexity index is 892. The molecule has 3 aromatic rings. The third-order valence-electron chi connectivity index (χ3n) is 4.09. The van der Waals surface area contributed by atoms with E-state index in [0.29, 0.717) is 30.1 Å². The number of nitrogens with one attached hydrogen (secondary N) is 1. The number of carbonyl (C=O) groups excluding carboxylic acids is 1. The number of fused-ring (bicyclic) bond motifs is 1. The monoisotopic (exact) mass is 343 g/mol. The van der Waals surface area contributed by atoms with Gasteiger partial charge in [-0.2, -0.15) is 0 Å². The van der Waals surface area contributed by atoms with Crippen molar-refractivity contribution in [3.8, 4) is 5.75 Å². The Morgan fingerprint density at radius 2 is 2.08 bits per heavy atom. The fourth-order valence-corrected chi connectivity index (χ4v) is 2.86. The molecule has 3 rings (SSSR count). The Balaban J connectivity index is 1.62. The molecule has 6 heteroatoms. The topological polar surface area (TPSA) is 84.8 Å². The molecule has 0 saturated heterocycles. The number of rotatable bonds is 6. The van der Waals surface area contributed by atoms with Crippen LogP contribution >= 0.6 is 0 Å². The summed E-state index contributed by atoms with van der Waals surface area (Å²) in [5, 5.41) is 13.8. The van der Waals surface area contributed by atoms with Gasteiger partial charge < -0.3 is 24.0 Å². The Labute approximate surface area is 145 Å². The third-order valence-corrected chi connectivity index (χ3v) is 4.09. The van der Waals surface area contributed by atoms with Gasteiger partial charge in [-0.1, -0.05) is 12.1 Å². The van der Waals surface area contributed by atoms with E-state index in [1.165, 1.54) is 0 Å². The number of para-hydroxylation sites is 1. The summed E-state index contributed by atoms with van der Waals surface area (Å²) >= 11 is 0. The van der Waals surface area contributed by atoms with Crippen LogP contribution in [-0.4, -0.2) is 24.7 Å². The molecule has 0 fully saturated rings. The molecule has 0 saturated carbocycles. The summed E-state index contributed by atoms with van der Waals surface area (Å²) in [5.74, 6) is 1.92. The molecule has 0 aliphatic rings. The lowest BCUT2D eigenvalue weighted by molar-refractivity contribution is 0.0917. The smallest absolute Gasteiger partial charge is 0.287 e. The number of methoxy groups -OCH3 is 1. The lowest BCUT2D eigenvalue weighted by Gasteiger charge is -2.09. The number of hydrogen-bond donors (Lipinski definition) is 2. The average Bonchev–Trinajstić information content (AvgIpc) is 3.17. The SMILES string of the molecule is COc1cccc2cc(C(=O)NCC[C@@H](O)c3cc(C)oc3C)oc12. The summed E-state index contributed by atoms with van der Waals surface area (Å²) in [5.41, 5.74) is 1.29. The second-order valence-corrected chi connectivity index (χ2v) is 5.92. The van der Waals surface area contributed by atoms with E-state index in [2.05, 4.69) is 5.32 Å². The molecule has 1 aromatic carbocycles. The predicted octanol–water partition coefficient (Wildman–Crippen LogP) is 3.50. The van der Waals surface area contributed by atoms with Crippen LogP contribution in [0.4, 0.5) is 0 Å². The number of aryl methyl sites for hydroxylation is 2. The van der Waals surface area contributed by atoms with Crippen LogP contribution < -0.4 is 10.1 Å². The first-order valence-corrected chi connectivity index (χ1v) is 8.09. The molecule has 0 bridgehead atoms. The van der Waals surface area contributed by atoms with Crippen LogP contribution in [0.25, 0.3) is 11.0 Å². The fourth-order valence-electron chi connectivity index (χ4n) is 2.86. The molecule has 6 nitrogen and oxygen atoms in total. The average molecular weight is 343 g/mol. The predicted molar refractivity (Wildman–Crippen MR) is 92.9 cm³/mol. The highest BCUT2D eigenvalue weighted by Gasteiger charge is 2.17. The van der Waals surface area contributed by atoms with Crippen molar-refractivity contribution in [1.82, 2.24) is 5.32 Å². The van der Waals surface area contributed by atoms with Gasteiger partial charge in [-0.25, -0.2) is 0 Å². The molecule has 2 aromatic heterocycles. The maximum Gasteiger partial charge on any atom is 0.287 e. The molecule has 132 valence electrons. The summed E-state index contributed by atoms with van der Waals surface area (Å²) in [6.45, 7) is 3.96. The molecule has 0 spiro atoms. The van der Waals surface area contributed by atoms with Crippen LogP contribution in [-0.2, 0) is 0 Å². The van der Waals surface area contributed by atoms with Crippen molar-refractivity contribution in [2.24, 2.45) is 0 Å². The molecule has 2 N–H and O–H groups in total. The Hall–Kier alpha value is -2.73. The van der Waals surface area contributed by atoms with Gasteiger partial charge in [0.1, 0.15) is 11.5 Å². The van der Waals surface area contributed by atoms with E-state index in [9.17, 15) is 9.90 Å². The normalized spacial score (nSPS) is 12.3. The number of hydrogen-bond acceptors (Lipinski definition) is 5. The minimum atomic E-state index is -0.687. The number of aliphatic hydroxyl groups is 1. The lowest BCUT2D eigenvalue weighted by atomic mass is 10.1. The van der Waals surface area contributed by atoms with Crippen LogP contribution in [0.3, 0.4) is 0 Å². The van der Waals surface area contributed by atoms with Crippen LogP contribution in [0, 0.1) is 13.8 Å². The third kappa shape index (κ3) is 3.53. The van der Waals surface area contributed by atoms with Crippen LogP contribution in [0.2, 0.25) is 0 Å². The maximum atomic E-state index is 12.3. The number of ether oxygens (including phenoxy) is 1. The highest BCUT2D eigenvalue weighted by atomic mass is 16.5. The number of amides is 1. The summed E-state index contributed by atoms with van der Waals surface area (Å²) in [6.07, 6.45) is -0.303. The van der Waals surface area contributed by atoms with Gasteiger partial charge in [-0.05, 0) is 38.5 Å². The van der Waals surface area contributed by atoms with Gasteiger partial charge in [0.2, 0.25) is 0 Å². The number of furan rings is 2. The van der Waals surface area contributed by atoms with E-state index in [0.717, 1.165) is 16.7 Å². The molecule has 0 aliphatic carbocycles. The molecule has 1 atom stereocenters. The van der Waals surface area contributed by atoms with Crippen molar-refractivity contribution < 1.29 is 23.5 Å². The minimum absolute atomic E-state index is 0.212. The standard InChI is InChI=1S/C19H21NO5/c1-11-9-14(12(2)24-11)15(21)7-8-20-19(22)17-10-13-5-4-6-16(23-3)18(13)25-17/h4-6,9-10,15,21H,7-8H2,1-3H3,(H,20,22)/t15-/m1/s1. The van der Waals surface area contributed by atoms with Gasteiger partial charge in [0, 0.05) is 17.5 Å². The van der Waals surface area contributed by atoms with Gasteiger partial charge in [0.15, 0.2) is 17.1 Å². The minimum Gasteiger partial charge on any atom is -0.493 e. The first-order chi connectivity index (χ1) is 12.0. The van der Waals surface area contributed by atoms with Crippen LogP contribution in [0.15, 0.2) is 39.2 Å². The van der Waals surface area contributed by atoms with Crippen molar-refractivity contribution >= 4 is 16.9 Å². The molecular formula is C19H21NO5. The molecule has 25 heavy (non-hydrogen) atoms. The summed E-state index contributed by atoms with van der Waals surface area (Å²) < 4.78 is 16.2. The zero-order valence-corrected chi connectivity index (χ0v) is 14.5. The van der Waals surface area contributed by atoms with Gasteiger partial charge in [0.25, 0.3) is 5.91 Å². The number of aliphatic hydroxyl groups excluding tert-OH is 1.